The van der Waals surface area contributed by atoms with Gasteiger partial charge in [0, 0.05) is 17.6 Å². The highest BCUT2D eigenvalue weighted by molar-refractivity contribution is 7.92. The Balaban J connectivity index is 1.35. The third-order valence-corrected chi connectivity index (χ3v) is 11.7. The van der Waals surface area contributed by atoms with Gasteiger partial charge in [-0.3, -0.25) is 14.5 Å². The van der Waals surface area contributed by atoms with Crippen LogP contribution in [0, 0.1) is 5.41 Å². The number of aromatic nitrogens is 3. The molecule has 4 aromatic rings. The lowest BCUT2D eigenvalue weighted by molar-refractivity contribution is -0.0511. The van der Waals surface area contributed by atoms with Crippen molar-refractivity contribution < 1.29 is 41.7 Å². The molecule has 0 bridgehead atoms. The van der Waals surface area contributed by atoms with Crippen LogP contribution in [-0.2, 0) is 23.7 Å². The summed E-state index contributed by atoms with van der Waals surface area (Å²) in [5, 5.41) is 22.1. The molecule has 16 nitrogen and oxygen atoms in total. The van der Waals surface area contributed by atoms with Crippen LogP contribution in [0.15, 0.2) is 47.4 Å². The number of nitrogens with zero attached hydrogens (tertiary/aromatic N) is 2. The molecule has 7 atom stereocenters. The van der Waals surface area contributed by atoms with E-state index in [2.05, 4.69) is 15.3 Å². The Morgan fingerprint density at radius 2 is 2.07 bits per heavy atom. The van der Waals surface area contributed by atoms with E-state index in [1.807, 2.05) is 24.3 Å². The average molecular weight is 695 g/mol. The average Bonchev–Trinajstić information content (AvgIpc) is 3.70. The van der Waals surface area contributed by atoms with Gasteiger partial charge in [0.1, 0.15) is 53.3 Å². The topological polar surface area (TPSA) is 241 Å². The number of hydrogen-bond acceptors (Lipinski definition) is 13. The SMILES string of the molecule is COc1cccc2cc(-c3cc(OC[C@H]4O[C@@H](n5ccc(N)nc5=O)[C@H](O)[C@@H]4O[PH](=O)O)c(C4CS(=O)(=O)C(C)C(=N)N4)s3)[nH]c12. The fraction of sp³-hybridized carbons (Fsp3) is 0.370. The van der Waals surface area contributed by atoms with E-state index >= 15 is 0 Å². The van der Waals surface area contributed by atoms with Crippen LogP contribution in [0.25, 0.3) is 21.5 Å². The van der Waals surface area contributed by atoms with Gasteiger partial charge in [-0.25, -0.2) is 13.2 Å². The molecule has 2 saturated heterocycles. The lowest BCUT2D eigenvalue weighted by Gasteiger charge is -2.29. The maximum absolute atomic E-state index is 12.9. The van der Waals surface area contributed by atoms with Gasteiger partial charge < -0.3 is 44.8 Å². The van der Waals surface area contributed by atoms with Gasteiger partial charge in [-0.2, -0.15) is 4.98 Å². The Kier molecular flexibility index (Phi) is 8.71. The molecule has 0 spiro atoms. The van der Waals surface area contributed by atoms with Gasteiger partial charge in [0.25, 0.3) is 0 Å². The summed E-state index contributed by atoms with van der Waals surface area (Å²) in [6, 6.07) is 9.71. The molecular weight excluding hydrogens is 663 g/mol. The van der Waals surface area contributed by atoms with Gasteiger partial charge >= 0.3 is 13.9 Å². The van der Waals surface area contributed by atoms with Gasteiger partial charge in [0.05, 0.1) is 39.9 Å². The molecule has 0 amide bonds. The first kappa shape index (κ1) is 32.2. The molecule has 7 N–H and O–H groups in total. The minimum atomic E-state index is -3.66. The Bertz CT molecular complexity index is 2000. The number of methoxy groups -OCH3 is 1. The highest BCUT2D eigenvalue weighted by atomic mass is 32.2. The number of fused-ring (bicyclic) bond motifs is 1. The van der Waals surface area contributed by atoms with Crippen LogP contribution in [0.3, 0.4) is 0 Å². The number of aliphatic hydroxyl groups excluding tert-OH is 1. The van der Waals surface area contributed by atoms with Gasteiger partial charge in [-0.15, -0.1) is 11.3 Å². The fourth-order valence-electron chi connectivity index (χ4n) is 5.49. The first-order valence-corrected chi connectivity index (χ1v) is 17.7. The number of benzene rings is 1. The van der Waals surface area contributed by atoms with Gasteiger partial charge in [0.15, 0.2) is 16.1 Å². The molecule has 0 radical (unpaired) electrons. The van der Waals surface area contributed by atoms with E-state index in [-0.39, 0.29) is 29.8 Å². The number of sulfone groups is 1. The smallest absolute Gasteiger partial charge is 0.351 e. The first-order valence-electron chi connectivity index (χ1n) is 13.9. The van der Waals surface area contributed by atoms with Crippen LogP contribution in [0.2, 0.25) is 0 Å². The second-order valence-corrected chi connectivity index (χ2v) is 15.0. The van der Waals surface area contributed by atoms with E-state index < -0.39 is 59.6 Å². The molecule has 2 fully saturated rings. The molecule has 19 heteroatoms. The number of para-hydroxylation sites is 1. The Morgan fingerprint density at radius 1 is 1.28 bits per heavy atom. The number of nitrogens with one attached hydrogen (secondary N) is 3. The molecule has 3 aromatic heterocycles. The van der Waals surface area contributed by atoms with Crippen molar-refractivity contribution in [1.82, 2.24) is 19.9 Å². The van der Waals surface area contributed by atoms with E-state index in [0.29, 0.717) is 21.2 Å². The number of aromatic amines is 1. The van der Waals surface area contributed by atoms with Crippen LogP contribution >= 0.6 is 19.6 Å². The summed E-state index contributed by atoms with van der Waals surface area (Å²) in [5.41, 5.74) is 6.22. The van der Waals surface area contributed by atoms with Crippen molar-refractivity contribution in [2.75, 3.05) is 25.2 Å². The van der Waals surface area contributed by atoms with Gasteiger partial charge in [-0.1, -0.05) is 12.1 Å². The zero-order valence-corrected chi connectivity index (χ0v) is 27.0. The minimum Gasteiger partial charge on any atom is -0.495 e. The summed E-state index contributed by atoms with van der Waals surface area (Å²) in [6.45, 7) is 1.12. The zero-order valence-electron chi connectivity index (χ0n) is 24.4. The fourth-order valence-corrected chi connectivity index (χ4v) is 8.67. The molecule has 0 saturated carbocycles. The first-order chi connectivity index (χ1) is 21.9. The number of thiophene rings is 1. The Hall–Kier alpha value is -3.77. The molecule has 46 heavy (non-hydrogen) atoms. The summed E-state index contributed by atoms with van der Waals surface area (Å²) in [5.74, 6) is 0.400. The number of nitrogen functional groups attached to an aromatic ring is 1. The van der Waals surface area contributed by atoms with Crippen molar-refractivity contribution in [3.05, 3.63) is 58.0 Å². The quantitative estimate of drug-likeness (QED) is 0.137. The number of H-pyrrole nitrogens is 1. The van der Waals surface area contributed by atoms with E-state index in [9.17, 15) is 27.8 Å². The Labute approximate surface area is 266 Å². The summed E-state index contributed by atoms with van der Waals surface area (Å²) in [7, 11) is -5.66. The number of anilines is 1. The predicted octanol–water partition coefficient (Wildman–Crippen LogP) is 1.57. The number of aliphatic hydroxyl groups is 1. The molecule has 2 aliphatic rings. The van der Waals surface area contributed by atoms with E-state index in [0.717, 1.165) is 15.5 Å². The van der Waals surface area contributed by atoms with Crippen molar-refractivity contribution >= 4 is 52.0 Å². The molecule has 6 rings (SSSR count). The van der Waals surface area contributed by atoms with Crippen molar-refractivity contribution in [2.24, 2.45) is 0 Å². The maximum atomic E-state index is 12.9. The van der Waals surface area contributed by atoms with E-state index in [1.165, 1.54) is 30.5 Å². The Morgan fingerprint density at radius 3 is 2.76 bits per heavy atom. The van der Waals surface area contributed by atoms with Crippen LogP contribution < -0.4 is 26.2 Å². The largest absolute Gasteiger partial charge is 0.495 e. The molecule has 5 heterocycles. The molecule has 246 valence electrons. The summed E-state index contributed by atoms with van der Waals surface area (Å²) in [4.78, 5) is 30.1. The molecular formula is C27H31N6O10PS2. The van der Waals surface area contributed by atoms with Gasteiger partial charge in [0.2, 0.25) is 0 Å². The third kappa shape index (κ3) is 6.04. The van der Waals surface area contributed by atoms with Crippen LogP contribution in [0.4, 0.5) is 5.82 Å². The second-order valence-electron chi connectivity index (χ2n) is 10.8. The van der Waals surface area contributed by atoms with Crippen LogP contribution in [-0.4, -0.2) is 81.8 Å². The molecule has 2 aliphatic heterocycles. The highest BCUT2D eigenvalue weighted by Gasteiger charge is 2.47. The van der Waals surface area contributed by atoms with Crippen molar-refractivity contribution in [2.45, 2.75) is 42.8 Å². The van der Waals surface area contributed by atoms with Crippen LogP contribution in [0.5, 0.6) is 11.5 Å². The number of amidine groups is 1. The zero-order chi connectivity index (χ0) is 32.9. The van der Waals surface area contributed by atoms with Crippen molar-refractivity contribution in [3.63, 3.8) is 0 Å². The highest BCUT2D eigenvalue weighted by Crippen LogP contribution is 2.43. The predicted molar refractivity (Wildman–Crippen MR) is 169 cm³/mol. The lowest BCUT2D eigenvalue weighted by atomic mass is 10.1. The summed E-state index contributed by atoms with van der Waals surface area (Å²) < 4.78 is 61.2. The summed E-state index contributed by atoms with van der Waals surface area (Å²) in [6.07, 6.45) is -4.17. The lowest BCUT2D eigenvalue weighted by Crippen LogP contribution is -2.48. The van der Waals surface area contributed by atoms with Crippen molar-refractivity contribution in [3.8, 4) is 22.1 Å². The number of rotatable bonds is 9. The summed E-state index contributed by atoms with van der Waals surface area (Å²) >= 11 is 1.25. The van der Waals surface area contributed by atoms with Crippen LogP contribution in [0.1, 0.15) is 24.1 Å². The molecule has 0 aliphatic carbocycles. The van der Waals surface area contributed by atoms with E-state index in [4.69, 9.17) is 29.9 Å². The number of nitrogens with two attached hydrogens (primary N) is 1. The number of hydrogen-bond donors (Lipinski definition) is 6. The monoisotopic (exact) mass is 694 g/mol. The number of ether oxygens (including phenoxy) is 3. The van der Waals surface area contributed by atoms with Gasteiger partial charge in [-0.05, 0) is 25.1 Å². The standard InChI is InChI=1S/C27H31N6O10PS2/c1-12-25(29)31-15(11-46(12,38)39)24-17(9-19(45-24)14-8-13-4-3-5-16(40-2)21(13)30-14)41-10-18-23(43-44(36)37)22(34)26(42-18)33-7-6-20(28)32-27(33)35/h3-9,12,15,18,22-23,26,30,34,44H,10-11H2,1-2H3,(H2,29,31)(H,36,37)(H2,28,32,35)/t12?,15?,18-,22-,23-,26-/m1/s1. The molecule has 3 unspecified atom stereocenters. The normalized spacial score (nSPS) is 26.6. The van der Waals surface area contributed by atoms with Crippen molar-refractivity contribution in [1.29, 1.82) is 5.41 Å². The van der Waals surface area contributed by atoms with E-state index in [1.54, 1.807) is 13.2 Å². The minimum absolute atomic E-state index is 0.0446. The molecule has 1 aromatic carbocycles. The second kappa shape index (κ2) is 12.4. The third-order valence-electron chi connectivity index (χ3n) is 7.89. The maximum Gasteiger partial charge on any atom is 0.351 e.